The number of hydrogen-bond donors (Lipinski definition) is 0. The van der Waals surface area contributed by atoms with Crippen LogP contribution in [0.5, 0.6) is 0 Å². The molecule has 1 aromatic carbocycles. The van der Waals surface area contributed by atoms with Gasteiger partial charge in [-0.1, -0.05) is 11.6 Å². The van der Waals surface area contributed by atoms with Crippen LogP contribution in [-0.2, 0) is 9.53 Å². The number of pyridine rings is 1. The summed E-state index contributed by atoms with van der Waals surface area (Å²) in [6, 6.07) is 8.88. The predicted octanol–water partition coefficient (Wildman–Crippen LogP) is 3.17. The number of nitriles is 1. The van der Waals surface area contributed by atoms with Crippen molar-refractivity contribution in [3.63, 3.8) is 0 Å². The van der Waals surface area contributed by atoms with Gasteiger partial charge in [0, 0.05) is 19.5 Å². The largest absolute Gasteiger partial charge is 0.423 e. The fourth-order valence-corrected chi connectivity index (χ4v) is 2.85. The molecule has 0 aliphatic carbocycles. The van der Waals surface area contributed by atoms with Crippen LogP contribution in [-0.4, -0.2) is 41.7 Å². The molecule has 1 fully saturated rings. The number of aromatic nitrogens is 1. The summed E-state index contributed by atoms with van der Waals surface area (Å²) in [6.07, 6.45) is -1.42. The highest BCUT2D eigenvalue weighted by molar-refractivity contribution is 6.29. The van der Waals surface area contributed by atoms with Crippen LogP contribution in [0.3, 0.4) is 0 Å². The van der Waals surface area contributed by atoms with Crippen molar-refractivity contribution in [3.05, 3.63) is 46.9 Å². The Kier molecular flexibility index (Phi) is 4.97. The normalized spacial score (nSPS) is 16.0. The molecule has 2 heterocycles. The van der Waals surface area contributed by atoms with Gasteiger partial charge in [0.05, 0.1) is 29.6 Å². The second-order valence-electron chi connectivity index (χ2n) is 5.92. The third-order valence-electron chi connectivity index (χ3n) is 4.19. The predicted molar refractivity (Wildman–Crippen MR) is 95.4 cm³/mol. The molecule has 1 atom stereocenters. The van der Waals surface area contributed by atoms with Crippen molar-refractivity contribution in [3.8, 4) is 17.3 Å². The first-order chi connectivity index (χ1) is 12.8. The second-order valence-corrected chi connectivity index (χ2v) is 6.31. The van der Waals surface area contributed by atoms with E-state index >= 15 is 0 Å². The lowest BCUT2D eigenvalue weighted by molar-refractivity contribution is -0.134. The molecular formula is C18H14ClFN4O3. The number of amides is 2. The van der Waals surface area contributed by atoms with Gasteiger partial charge in [-0.05, 0) is 30.3 Å². The van der Waals surface area contributed by atoms with E-state index in [2.05, 4.69) is 4.98 Å². The summed E-state index contributed by atoms with van der Waals surface area (Å²) < 4.78 is 19.8. The first-order valence-corrected chi connectivity index (χ1v) is 8.27. The maximum Gasteiger partial charge on any atom is 0.416 e. The van der Waals surface area contributed by atoms with E-state index in [-0.39, 0.29) is 40.1 Å². The van der Waals surface area contributed by atoms with E-state index in [1.165, 1.54) is 54.1 Å². The standard InChI is InChI=1S/C18H14ClFN4O3/c1-10(25)23(2)17-9-24(18(26)27-17)12-3-4-13(14(20)7-12)15-5-11(8-21)6-16(19)22-15/h3-7,17H,9H2,1-2H3/t17-/m0/s1. The average molecular weight is 389 g/mol. The van der Waals surface area contributed by atoms with Gasteiger partial charge in [-0.2, -0.15) is 5.26 Å². The molecule has 0 unspecified atom stereocenters. The molecule has 7 nitrogen and oxygen atoms in total. The Balaban J connectivity index is 1.90. The Morgan fingerprint density at radius 1 is 1.44 bits per heavy atom. The van der Waals surface area contributed by atoms with Crippen LogP contribution < -0.4 is 4.90 Å². The summed E-state index contributed by atoms with van der Waals surface area (Å²) in [7, 11) is 1.52. The molecule has 0 saturated carbocycles. The zero-order valence-electron chi connectivity index (χ0n) is 14.4. The number of anilines is 1. The summed E-state index contributed by atoms with van der Waals surface area (Å²) in [5, 5.41) is 9.09. The van der Waals surface area contributed by atoms with E-state index in [0.717, 1.165) is 0 Å². The third-order valence-corrected chi connectivity index (χ3v) is 4.38. The number of benzene rings is 1. The van der Waals surface area contributed by atoms with Gasteiger partial charge in [-0.15, -0.1) is 0 Å². The van der Waals surface area contributed by atoms with Crippen molar-refractivity contribution in [1.29, 1.82) is 5.26 Å². The van der Waals surface area contributed by atoms with Crippen molar-refractivity contribution in [2.45, 2.75) is 13.2 Å². The Bertz CT molecular complexity index is 976. The molecular weight excluding hydrogens is 375 g/mol. The highest BCUT2D eigenvalue weighted by Gasteiger charge is 2.36. The molecule has 2 aromatic rings. The van der Waals surface area contributed by atoms with Crippen LogP contribution >= 0.6 is 11.6 Å². The number of carbonyl (C=O) groups excluding carboxylic acids is 2. The third kappa shape index (κ3) is 3.68. The Morgan fingerprint density at radius 3 is 2.81 bits per heavy atom. The van der Waals surface area contributed by atoms with Crippen molar-refractivity contribution < 1.29 is 18.7 Å². The summed E-state index contributed by atoms with van der Waals surface area (Å²) in [5.74, 6) is -0.890. The molecule has 138 valence electrons. The maximum atomic E-state index is 14.7. The minimum atomic E-state index is -0.745. The van der Waals surface area contributed by atoms with Gasteiger partial charge in [0.2, 0.25) is 5.91 Å². The molecule has 0 spiro atoms. The van der Waals surface area contributed by atoms with Gasteiger partial charge in [0.25, 0.3) is 0 Å². The summed E-state index contributed by atoms with van der Waals surface area (Å²) >= 11 is 5.87. The number of carbonyl (C=O) groups is 2. The molecule has 27 heavy (non-hydrogen) atoms. The number of ether oxygens (including phenoxy) is 1. The van der Waals surface area contributed by atoms with Gasteiger partial charge in [0.1, 0.15) is 11.0 Å². The number of rotatable bonds is 3. The first-order valence-electron chi connectivity index (χ1n) is 7.89. The van der Waals surface area contributed by atoms with Gasteiger partial charge in [0.15, 0.2) is 6.23 Å². The smallest absolute Gasteiger partial charge is 0.416 e. The molecule has 3 rings (SSSR count). The number of hydrogen-bond acceptors (Lipinski definition) is 5. The molecule has 1 aliphatic rings. The van der Waals surface area contributed by atoms with E-state index in [1.54, 1.807) is 0 Å². The van der Waals surface area contributed by atoms with Crippen molar-refractivity contribution in [1.82, 2.24) is 9.88 Å². The van der Waals surface area contributed by atoms with E-state index in [4.69, 9.17) is 21.6 Å². The SMILES string of the molecule is CC(=O)N(C)[C@@H]1CN(c2ccc(-c3cc(C#N)cc(Cl)n3)c(F)c2)C(=O)O1. The zero-order chi connectivity index (χ0) is 19.7. The lowest BCUT2D eigenvalue weighted by Crippen LogP contribution is -2.38. The van der Waals surface area contributed by atoms with Gasteiger partial charge < -0.3 is 9.64 Å². The van der Waals surface area contributed by atoms with Crippen molar-refractivity contribution in [2.75, 3.05) is 18.5 Å². The summed E-state index contributed by atoms with van der Waals surface area (Å²) in [6.45, 7) is 1.44. The number of halogens is 2. The number of nitrogens with zero attached hydrogens (tertiary/aromatic N) is 4. The second kappa shape index (κ2) is 7.21. The van der Waals surface area contributed by atoms with E-state index in [0.29, 0.717) is 0 Å². The minimum Gasteiger partial charge on any atom is -0.423 e. The lowest BCUT2D eigenvalue weighted by atomic mass is 10.1. The highest BCUT2D eigenvalue weighted by Crippen LogP contribution is 2.29. The minimum absolute atomic E-state index is 0.0748. The van der Waals surface area contributed by atoms with E-state index in [1.807, 2.05) is 6.07 Å². The fourth-order valence-electron chi connectivity index (χ4n) is 2.64. The molecule has 1 aromatic heterocycles. The Morgan fingerprint density at radius 2 is 2.19 bits per heavy atom. The molecule has 0 N–H and O–H groups in total. The zero-order valence-corrected chi connectivity index (χ0v) is 15.2. The van der Waals surface area contributed by atoms with E-state index in [9.17, 15) is 14.0 Å². The lowest BCUT2D eigenvalue weighted by Gasteiger charge is -2.20. The summed E-state index contributed by atoms with van der Waals surface area (Å²) in [5.41, 5.74) is 0.888. The number of cyclic esters (lactones) is 1. The maximum absolute atomic E-state index is 14.7. The van der Waals surface area contributed by atoms with Crippen molar-refractivity contribution >= 4 is 29.3 Å². The topological polar surface area (TPSA) is 86.5 Å². The van der Waals surface area contributed by atoms with Gasteiger partial charge >= 0.3 is 6.09 Å². The van der Waals surface area contributed by atoms with Crippen LogP contribution in [0.2, 0.25) is 5.15 Å². The molecule has 0 radical (unpaired) electrons. The molecule has 1 saturated heterocycles. The van der Waals surface area contributed by atoms with Gasteiger partial charge in [-0.3, -0.25) is 9.69 Å². The molecule has 2 amide bonds. The van der Waals surface area contributed by atoms with Crippen LogP contribution in [0.15, 0.2) is 30.3 Å². The number of likely N-dealkylation sites (N-methyl/N-ethyl adjacent to an activating group) is 1. The molecule has 0 bridgehead atoms. The highest BCUT2D eigenvalue weighted by atomic mass is 35.5. The molecule has 9 heteroatoms. The summed E-state index contributed by atoms with van der Waals surface area (Å²) in [4.78, 5) is 30.1. The van der Waals surface area contributed by atoms with Crippen LogP contribution in [0.25, 0.3) is 11.3 Å². The Hall–Kier alpha value is -3.18. The molecule has 1 aliphatic heterocycles. The van der Waals surface area contributed by atoms with Crippen LogP contribution in [0.4, 0.5) is 14.9 Å². The van der Waals surface area contributed by atoms with Crippen LogP contribution in [0.1, 0.15) is 12.5 Å². The average Bonchev–Trinajstić information content (AvgIpc) is 3.01. The van der Waals surface area contributed by atoms with Crippen LogP contribution in [0, 0.1) is 17.1 Å². The van der Waals surface area contributed by atoms with E-state index < -0.39 is 18.1 Å². The monoisotopic (exact) mass is 388 g/mol. The van der Waals surface area contributed by atoms with Crippen molar-refractivity contribution in [2.24, 2.45) is 0 Å². The quantitative estimate of drug-likeness (QED) is 0.754. The fraction of sp³-hybridized carbons (Fsp3) is 0.222. The Labute approximate surface area is 159 Å². The van der Waals surface area contributed by atoms with Gasteiger partial charge in [-0.25, -0.2) is 14.2 Å². The first kappa shape index (κ1) is 18.6.